The molecule has 0 N–H and O–H groups in total. The van der Waals surface area contributed by atoms with Crippen molar-refractivity contribution >= 4 is 11.6 Å². The van der Waals surface area contributed by atoms with Crippen molar-refractivity contribution in [2.24, 2.45) is 0 Å². The molecule has 1 aliphatic heterocycles. The number of pyridine rings is 1. The molecule has 1 amide bonds. The van der Waals surface area contributed by atoms with E-state index in [1.54, 1.807) is 0 Å². The van der Waals surface area contributed by atoms with E-state index < -0.39 is 0 Å². The Bertz CT molecular complexity index is 651. The quantitative estimate of drug-likeness (QED) is 0.849. The molecule has 1 saturated heterocycles. The summed E-state index contributed by atoms with van der Waals surface area (Å²) in [5, 5.41) is 0. The highest BCUT2D eigenvalue weighted by molar-refractivity contribution is 5.94. The molecule has 0 aliphatic carbocycles. The van der Waals surface area contributed by atoms with Gasteiger partial charge in [0.05, 0.1) is 11.3 Å². The summed E-state index contributed by atoms with van der Waals surface area (Å²) in [6.07, 6.45) is 7.59. The van der Waals surface area contributed by atoms with Gasteiger partial charge in [-0.25, -0.2) is 4.98 Å². The Morgan fingerprint density at radius 3 is 2.57 bits per heavy atom. The van der Waals surface area contributed by atoms with E-state index in [1.165, 1.54) is 12.8 Å². The fraction of sp³-hybridized carbons (Fsp3) is 0.529. The zero-order chi connectivity index (χ0) is 14.8. The van der Waals surface area contributed by atoms with Crippen LogP contribution in [0.25, 0.3) is 5.65 Å². The van der Waals surface area contributed by atoms with E-state index in [1.807, 2.05) is 27.6 Å². The van der Waals surface area contributed by atoms with E-state index >= 15 is 0 Å². The molecule has 0 unspecified atom stereocenters. The zero-order valence-corrected chi connectivity index (χ0v) is 12.9. The summed E-state index contributed by atoms with van der Waals surface area (Å²) in [6, 6.07) is 3.87. The number of hydrogen-bond acceptors (Lipinski definition) is 2. The number of amides is 1. The van der Waals surface area contributed by atoms with E-state index in [0.717, 1.165) is 55.0 Å². The summed E-state index contributed by atoms with van der Waals surface area (Å²) in [5.74, 6) is 0.157. The van der Waals surface area contributed by atoms with Gasteiger partial charge in [-0.05, 0) is 38.3 Å². The van der Waals surface area contributed by atoms with Crippen molar-refractivity contribution in [2.45, 2.75) is 46.0 Å². The smallest absolute Gasteiger partial charge is 0.255 e. The van der Waals surface area contributed by atoms with Crippen LogP contribution < -0.4 is 0 Å². The van der Waals surface area contributed by atoms with Gasteiger partial charge >= 0.3 is 0 Å². The SMILES string of the molecule is CCc1nc2ccc(C(=O)N3CCCCCC3)cn2c1C. The van der Waals surface area contributed by atoms with Crippen LogP contribution in [-0.4, -0.2) is 33.3 Å². The number of hydrogen-bond donors (Lipinski definition) is 0. The molecule has 0 aromatic carbocycles. The zero-order valence-electron chi connectivity index (χ0n) is 12.9. The van der Waals surface area contributed by atoms with Gasteiger partial charge in [0.1, 0.15) is 5.65 Å². The van der Waals surface area contributed by atoms with Crippen LogP contribution in [0, 0.1) is 6.92 Å². The first-order valence-electron chi connectivity index (χ1n) is 7.97. The highest BCUT2D eigenvalue weighted by atomic mass is 16.2. The van der Waals surface area contributed by atoms with Gasteiger partial charge in [-0.15, -0.1) is 0 Å². The molecule has 1 fully saturated rings. The normalized spacial score (nSPS) is 16.2. The maximum atomic E-state index is 12.7. The van der Waals surface area contributed by atoms with Gasteiger partial charge < -0.3 is 9.30 Å². The maximum absolute atomic E-state index is 12.7. The van der Waals surface area contributed by atoms with Gasteiger partial charge in [0.15, 0.2) is 0 Å². The van der Waals surface area contributed by atoms with Crippen LogP contribution in [-0.2, 0) is 6.42 Å². The minimum Gasteiger partial charge on any atom is -0.339 e. The Morgan fingerprint density at radius 2 is 1.90 bits per heavy atom. The first kappa shape index (κ1) is 14.1. The highest BCUT2D eigenvalue weighted by Crippen LogP contribution is 2.17. The van der Waals surface area contributed by atoms with Crippen LogP contribution in [0.5, 0.6) is 0 Å². The van der Waals surface area contributed by atoms with Gasteiger partial charge in [0.25, 0.3) is 5.91 Å². The van der Waals surface area contributed by atoms with Crippen LogP contribution in [0.3, 0.4) is 0 Å². The van der Waals surface area contributed by atoms with E-state index in [9.17, 15) is 4.79 Å². The number of nitrogens with zero attached hydrogens (tertiary/aromatic N) is 3. The van der Waals surface area contributed by atoms with E-state index in [2.05, 4.69) is 18.8 Å². The van der Waals surface area contributed by atoms with Crippen molar-refractivity contribution in [3.05, 3.63) is 35.3 Å². The molecule has 0 atom stereocenters. The van der Waals surface area contributed by atoms with Crippen molar-refractivity contribution < 1.29 is 4.79 Å². The third-order valence-corrected chi connectivity index (χ3v) is 4.43. The number of likely N-dealkylation sites (tertiary alicyclic amines) is 1. The molecular formula is C17H23N3O. The van der Waals surface area contributed by atoms with Gasteiger partial charge in [0, 0.05) is 25.0 Å². The Hall–Kier alpha value is -1.84. The summed E-state index contributed by atoms with van der Waals surface area (Å²) in [7, 11) is 0. The molecule has 2 aromatic heterocycles. The molecule has 0 radical (unpaired) electrons. The van der Waals surface area contributed by atoms with Crippen molar-refractivity contribution in [1.29, 1.82) is 0 Å². The molecule has 0 spiro atoms. The number of carbonyl (C=O) groups excluding carboxylic acids is 1. The molecule has 4 nitrogen and oxygen atoms in total. The number of imidazole rings is 1. The molecule has 4 heteroatoms. The molecule has 3 rings (SSSR count). The standard InChI is InChI=1S/C17H23N3O/c1-3-15-13(2)20-12-14(8-9-16(20)18-15)17(21)19-10-6-4-5-7-11-19/h8-9,12H,3-7,10-11H2,1-2H3. The van der Waals surface area contributed by atoms with E-state index in [4.69, 9.17) is 0 Å². The maximum Gasteiger partial charge on any atom is 0.255 e. The Morgan fingerprint density at radius 1 is 1.19 bits per heavy atom. The fourth-order valence-corrected chi connectivity index (χ4v) is 3.13. The Kier molecular flexibility index (Phi) is 3.95. The Balaban J connectivity index is 1.92. The molecule has 3 heterocycles. The van der Waals surface area contributed by atoms with Crippen LogP contribution in [0.1, 0.15) is 54.4 Å². The van der Waals surface area contributed by atoms with Crippen molar-refractivity contribution in [2.75, 3.05) is 13.1 Å². The summed E-state index contributed by atoms with van der Waals surface area (Å²) < 4.78 is 2.05. The molecule has 112 valence electrons. The number of fused-ring (bicyclic) bond motifs is 1. The average molecular weight is 285 g/mol. The van der Waals surface area contributed by atoms with E-state index in [0.29, 0.717) is 0 Å². The fourth-order valence-electron chi connectivity index (χ4n) is 3.13. The van der Waals surface area contributed by atoms with Crippen molar-refractivity contribution in [1.82, 2.24) is 14.3 Å². The van der Waals surface area contributed by atoms with Gasteiger partial charge in [-0.2, -0.15) is 0 Å². The molecule has 0 bridgehead atoms. The summed E-state index contributed by atoms with van der Waals surface area (Å²) in [4.78, 5) is 19.3. The minimum absolute atomic E-state index is 0.157. The first-order chi connectivity index (χ1) is 10.2. The van der Waals surface area contributed by atoms with Crippen molar-refractivity contribution in [3.63, 3.8) is 0 Å². The molecule has 1 aliphatic rings. The number of aromatic nitrogens is 2. The summed E-state index contributed by atoms with van der Waals surface area (Å²) in [5.41, 5.74) is 3.94. The number of aryl methyl sites for hydroxylation is 2. The molecular weight excluding hydrogens is 262 g/mol. The topological polar surface area (TPSA) is 37.6 Å². The predicted octanol–water partition coefficient (Wildman–Crippen LogP) is 3.22. The molecule has 21 heavy (non-hydrogen) atoms. The van der Waals surface area contributed by atoms with Crippen LogP contribution in [0.2, 0.25) is 0 Å². The second-order valence-corrected chi connectivity index (χ2v) is 5.85. The van der Waals surface area contributed by atoms with Gasteiger partial charge in [-0.1, -0.05) is 19.8 Å². The Labute approximate surface area is 125 Å². The number of carbonyl (C=O) groups is 1. The van der Waals surface area contributed by atoms with Crippen LogP contribution in [0.4, 0.5) is 0 Å². The lowest BCUT2D eigenvalue weighted by atomic mass is 10.2. The lowest BCUT2D eigenvalue weighted by Crippen LogP contribution is -2.31. The summed E-state index contributed by atoms with van der Waals surface area (Å²) in [6.45, 7) is 5.96. The molecule has 0 saturated carbocycles. The summed E-state index contributed by atoms with van der Waals surface area (Å²) >= 11 is 0. The predicted molar refractivity (Wildman–Crippen MR) is 83.7 cm³/mol. The second kappa shape index (κ2) is 5.88. The second-order valence-electron chi connectivity index (χ2n) is 5.85. The van der Waals surface area contributed by atoms with Crippen molar-refractivity contribution in [3.8, 4) is 0 Å². The van der Waals surface area contributed by atoms with Gasteiger partial charge in [-0.3, -0.25) is 4.79 Å². The monoisotopic (exact) mass is 285 g/mol. The lowest BCUT2D eigenvalue weighted by molar-refractivity contribution is 0.0761. The van der Waals surface area contributed by atoms with Gasteiger partial charge in [0.2, 0.25) is 0 Å². The lowest BCUT2D eigenvalue weighted by Gasteiger charge is -2.20. The largest absolute Gasteiger partial charge is 0.339 e. The highest BCUT2D eigenvalue weighted by Gasteiger charge is 2.18. The first-order valence-corrected chi connectivity index (χ1v) is 7.97. The minimum atomic E-state index is 0.157. The van der Waals surface area contributed by atoms with Crippen LogP contribution >= 0.6 is 0 Å². The van der Waals surface area contributed by atoms with Crippen LogP contribution in [0.15, 0.2) is 18.3 Å². The molecule has 2 aromatic rings. The third-order valence-electron chi connectivity index (χ3n) is 4.43. The third kappa shape index (κ3) is 2.67. The number of rotatable bonds is 2. The average Bonchev–Trinajstić information content (AvgIpc) is 2.71. The van der Waals surface area contributed by atoms with E-state index in [-0.39, 0.29) is 5.91 Å².